The molecule has 0 amide bonds. The highest BCUT2D eigenvalue weighted by atomic mass is 35.5. The minimum Gasteiger partial charge on any atom is -0.345 e. The Balaban J connectivity index is 2.08. The minimum atomic E-state index is 0.704. The molecule has 1 aromatic rings. The van der Waals surface area contributed by atoms with Crippen LogP contribution in [0.1, 0.15) is 0 Å². The Bertz CT molecular complexity index is 328. The third kappa shape index (κ3) is 2.08. The Morgan fingerprint density at radius 3 is 2.29 bits per heavy atom. The molecule has 0 spiro atoms. The number of nitrogens with one attached hydrogen (secondary N) is 2. The van der Waals surface area contributed by atoms with Crippen LogP contribution in [0.4, 0.5) is 5.69 Å². The highest BCUT2D eigenvalue weighted by molar-refractivity contribution is 7.80. The first-order valence-corrected chi connectivity index (χ1v) is 5.06. The molecule has 1 aliphatic rings. The van der Waals surface area contributed by atoms with Crippen LogP contribution in [0.3, 0.4) is 0 Å². The summed E-state index contributed by atoms with van der Waals surface area (Å²) in [4.78, 5) is 2.13. The third-order valence-corrected chi connectivity index (χ3v) is 2.59. The van der Waals surface area contributed by atoms with Gasteiger partial charge < -0.3 is 15.5 Å². The molecule has 0 aromatic heterocycles. The maximum absolute atomic E-state index is 5.80. The van der Waals surface area contributed by atoms with Crippen molar-refractivity contribution < 1.29 is 0 Å². The van der Waals surface area contributed by atoms with E-state index in [0.717, 1.165) is 24.0 Å². The zero-order valence-electron chi connectivity index (χ0n) is 7.46. The van der Waals surface area contributed by atoms with E-state index in [1.807, 2.05) is 24.3 Å². The van der Waals surface area contributed by atoms with Crippen molar-refractivity contribution in [2.45, 2.75) is 0 Å². The van der Waals surface area contributed by atoms with Crippen LogP contribution in [0.2, 0.25) is 5.02 Å². The van der Waals surface area contributed by atoms with Crippen LogP contribution >= 0.6 is 23.8 Å². The Labute approximate surface area is 93.0 Å². The van der Waals surface area contributed by atoms with Gasteiger partial charge in [0.1, 0.15) is 0 Å². The van der Waals surface area contributed by atoms with Crippen LogP contribution in [0.15, 0.2) is 24.3 Å². The molecule has 0 saturated carbocycles. The Morgan fingerprint density at radius 2 is 1.71 bits per heavy atom. The van der Waals surface area contributed by atoms with Crippen molar-refractivity contribution in [3.8, 4) is 0 Å². The summed E-state index contributed by atoms with van der Waals surface area (Å²) >= 11 is 10.8. The van der Waals surface area contributed by atoms with E-state index in [9.17, 15) is 0 Å². The van der Waals surface area contributed by atoms with Crippen LogP contribution in [-0.4, -0.2) is 18.4 Å². The molecule has 2 N–H and O–H groups in total. The van der Waals surface area contributed by atoms with E-state index >= 15 is 0 Å². The molecule has 1 aliphatic heterocycles. The Hall–Kier alpha value is -1.00. The van der Waals surface area contributed by atoms with Gasteiger partial charge in [-0.05, 0) is 36.5 Å². The Morgan fingerprint density at radius 1 is 1.14 bits per heavy atom. The monoisotopic (exact) mass is 227 g/mol. The predicted octanol–water partition coefficient (Wildman–Crippen LogP) is 1.54. The summed E-state index contributed by atoms with van der Waals surface area (Å²) in [6.45, 7) is 1.46. The van der Waals surface area contributed by atoms with Gasteiger partial charge in [-0.1, -0.05) is 11.6 Å². The lowest BCUT2D eigenvalue weighted by molar-refractivity contribution is 0.672. The van der Waals surface area contributed by atoms with Gasteiger partial charge in [0, 0.05) is 10.7 Å². The fourth-order valence-electron chi connectivity index (χ4n) is 1.29. The summed E-state index contributed by atoms with van der Waals surface area (Å²) in [5, 5.41) is 7.57. The van der Waals surface area contributed by atoms with Gasteiger partial charge in [-0.2, -0.15) is 0 Å². The molecule has 0 aliphatic carbocycles. The van der Waals surface area contributed by atoms with E-state index in [-0.39, 0.29) is 0 Å². The number of anilines is 1. The molecular formula is C9H10ClN3S. The average Bonchev–Trinajstić information content (AvgIpc) is 2.21. The molecule has 1 aromatic carbocycles. The predicted molar refractivity (Wildman–Crippen MR) is 62.5 cm³/mol. The minimum absolute atomic E-state index is 0.704. The molecule has 74 valence electrons. The van der Waals surface area contributed by atoms with Gasteiger partial charge >= 0.3 is 0 Å². The lowest BCUT2D eigenvalue weighted by Crippen LogP contribution is -2.54. The van der Waals surface area contributed by atoms with E-state index in [2.05, 4.69) is 15.5 Å². The van der Waals surface area contributed by atoms with E-state index in [4.69, 9.17) is 23.8 Å². The average molecular weight is 228 g/mol. The highest BCUT2D eigenvalue weighted by Crippen LogP contribution is 2.17. The third-order valence-electron chi connectivity index (χ3n) is 2.05. The van der Waals surface area contributed by atoms with Crippen molar-refractivity contribution in [3.63, 3.8) is 0 Å². The normalized spacial score (nSPS) is 16.1. The van der Waals surface area contributed by atoms with Crippen LogP contribution in [0.25, 0.3) is 0 Å². The number of nitrogens with zero attached hydrogens (tertiary/aromatic N) is 1. The van der Waals surface area contributed by atoms with Crippen molar-refractivity contribution in [2.24, 2.45) is 0 Å². The van der Waals surface area contributed by atoms with E-state index < -0.39 is 0 Å². The van der Waals surface area contributed by atoms with Crippen molar-refractivity contribution >= 4 is 34.6 Å². The standard InChI is InChI=1S/C9H10ClN3S/c10-7-1-3-8(4-2-7)13-5-11-9(14)12-6-13/h1-4H,5-6H2,(H2,11,12,14). The molecule has 0 unspecified atom stereocenters. The first-order valence-electron chi connectivity index (χ1n) is 4.28. The second-order valence-corrected chi connectivity index (χ2v) is 3.86. The van der Waals surface area contributed by atoms with Crippen LogP contribution in [0, 0.1) is 0 Å². The summed E-state index contributed by atoms with van der Waals surface area (Å²) in [5.74, 6) is 0. The lowest BCUT2D eigenvalue weighted by atomic mass is 10.3. The molecule has 5 heteroatoms. The molecule has 1 fully saturated rings. The maximum atomic E-state index is 5.80. The number of benzene rings is 1. The number of hydrogen-bond donors (Lipinski definition) is 2. The molecule has 0 radical (unpaired) electrons. The van der Waals surface area contributed by atoms with Crippen molar-refractivity contribution in [1.82, 2.24) is 10.6 Å². The molecule has 14 heavy (non-hydrogen) atoms. The quantitative estimate of drug-likeness (QED) is 0.712. The fourth-order valence-corrected chi connectivity index (χ4v) is 1.54. The van der Waals surface area contributed by atoms with E-state index in [0.29, 0.717) is 5.11 Å². The molecule has 0 atom stereocenters. The summed E-state index contributed by atoms with van der Waals surface area (Å²) < 4.78 is 0. The van der Waals surface area contributed by atoms with Gasteiger partial charge in [-0.3, -0.25) is 0 Å². The van der Waals surface area contributed by atoms with Crippen LogP contribution < -0.4 is 15.5 Å². The SMILES string of the molecule is S=C1NCN(c2ccc(Cl)cc2)CN1. The van der Waals surface area contributed by atoms with Gasteiger partial charge in [0.2, 0.25) is 0 Å². The maximum Gasteiger partial charge on any atom is 0.169 e. The first kappa shape index (κ1) is 9.55. The lowest BCUT2D eigenvalue weighted by Gasteiger charge is -2.31. The van der Waals surface area contributed by atoms with Crippen LogP contribution in [-0.2, 0) is 0 Å². The van der Waals surface area contributed by atoms with Gasteiger partial charge in [0.25, 0.3) is 0 Å². The zero-order chi connectivity index (χ0) is 9.97. The van der Waals surface area contributed by atoms with Gasteiger partial charge in [-0.15, -0.1) is 0 Å². The molecule has 1 saturated heterocycles. The summed E-state index contributed by atoms with van der Waals surface area (Å²) in [6, 6.07) is 7.73. The fraction of sp³-hybridized carbons (Fsp3) is 0.222. The van der Waals surface area contributed by atoms with Crippen molar-refractivity contribution in [2.75, 3.05) is 18.2 Å². The number of halogens is 1. The number of hydrogen-bond acceptors (Lipinski definition) is 2. The second-order valence-electron chi connectivity index (χ2n) is 3.02. The molecule has 1 heterocycles. The largest absolute Gasteiger partial charge is 0.345 e. The molecule has 2 rings (SSSR count). The van der Waals surface area contributed by atoms with Gasteiger partial charge in [0.05, 0.1) is 13.3 Å². The zero-order valence-corrected chi connectivity index (χ0v) is 9.03. The number of rotatable bonds is 1. The highest BCUT2D eigenvalue weighted by Gasteiger charge is 2.11. The summed E-state index contributed by atoms with van der Waals surface area (Å²) in [6.07, 6.45) is 0. The summed E-state index contributed by atoms with van der Waals surface area (Å²) in [5.41, 5.74) is 1.12. The molecular weight excluding hydrogens is 218 g/mol. The summed E-state index contributed by atoms with van der Waals surface area (Å²) in [7, 11) is 0. The molecule has 0 bridgehead atoms. The van der Waals surface area contributed by atoms with Gasteiger partial charge in [0.15, 0.2) is 5.11 Å². The van der Waals surface area contributed by atoms with E-state index in [1.165, 1.54) is 0 Å². The van der Waals surface area contributed by atoms with Crippen molar-refractivity contribution in [3.05, 3.63) is 29.3 Å². The van der Waals surface area contributed by atoms with Crippen molar-refractivity contribution in [1.29, 1.82) is 0 Å². The topological polar surface area (TPSA) is 27.3 Å². The van der Waals surface area contributed by atoms with Crippen LogP contribution in [0.5, 0.6) is 0 Å². The second kappa shape index (κ2) is 4.02. The van der Waals surface area contributed by atoms with Gasteiger partial charge in [-0.25, -0.2) is 0 Å². The Kier molecular flexibility index (Phi) is 2.74. The smallest absolute Gasteiger partial charge is 0.169 e. The number of thiocarbonyl (C=S) groups is 1. The first-order chi connectivity index (χ1) is 6.75. The molecule has 3 nitrogen and oxygen atoms in total. The van der Waals surface area contributed by atoms with E-state index in [1.54, 1.807) is 0 Å².